The molecular weight excluding hydrogens is 388 g/mol. The van der Waals surface area contributed by atoms with Crippen LogP contribution in [0.2, 0.25) is 5.02 Å². The number of halogens is 1. The van der Waals surface area contributed by atoms with Crippen molar-refractivity contribution in [2.45, 2.75) is 32.7 Å². The van der Waals surface area contributed by atoms with Gasteiger partial charge in [-0.25, -0.2) is 4.98 Å². The van der Waals surface area contributed by atoms with Crippen LogP contribution in [0, 0.1) is 0 Å². The second kappa shape index (κ2) is 8.70. The van der Waals surface area contributed by atoms with Crippen LogP contribution in [0.5, 0.6) is 5.75 Å². The van der Waals surface area contributed by atoms with E-state index in [1.165, 1.54) is 5.56 Å². The number of hydrogen-bond acceptors (Lipinski definition) is 4. The summed E-state index contributed by atoms with van der Waals surface area (Å²) in [6.07, 6.45) is 3.35. The van der Waals surface area contributed by atoms with E-state index in [1.54, 1.807) is 6.20 Å². The average Bonchev–Trinajstić information content (AvgIpc) is 3.21. The van der Waals surface area contributed by atoms with Gasteiger partial charge in [0.25, 0.3) is 0 Å². The van der Waals surface area contributed by atoms with E-state index >= 15 is 0 Å². The summed E-state index contributed by atoms with van der Waals surface area (Å²) in [6, 6.07) is 13.6. The van der Waals surface area contributed by atoms with Gasteiger partial charge in [0.1, 0.15) is 5.75 Å². The average molecular weight is 411 g/mol. The van der Waals surface area contributed by atoms with E-state index in [9.17, 15) is 4.79 Å². The molecule has 29 heavy (non-hydrogen) atoms. The van der Waals surface area contributed by atoms with E-state index in [1.807, 2.05) is 48.2 Å². The van der Waals surface area contributed by atoms with Crippen molar-refractivity contribution in [1.29, 1.82) is 0 Å². The Labute approximate surface area is 175 Å². The van der Waals surface area contributed by atoms with Crippen molar-refractivity contribution in [3.8, 4) is 17.1 Å². The van der Waals surface area contributed by atoms with Gasteiger partial charge in [-0.2, -0.15) is 0 Å². The Morgan fingerprint density at radius 3 is 2.93 bits per heavy atom. The molecule has 150 valence electrons. The number of ether oxygens (including phenoxy) is 1. The van der Waals surface area contributed by atoms with Crippen molar-refractivity contribution in [3.63, 3.8) is 0 Å². The van der Waals surface area contributed by atoms with Crippen molar-refractivity contribution in [2.75, 3.05) is 13.2 Å². The number of rotatable bonds is 6. The number of fused-ring (bicyclic) bond motifs is 1. The Bertz CT molecular complexity index is 1010. The highest BCUT2D eigenvalue weighted by atomic mass is 35.5. The molecule has 3 aromatic rings. The van der Waals surface area contributed by atoms with Crippen LogP contribution in [-0.4, -0.2) is 28.9 Å². The minimum atomic E-state index is 0.106. The summed E-state index contributed by atoms with van der Waals surface area (Å²) in [7, 11) is 0. The highest BCUT2D eigenvalue weighted by molar-refractivity contribution is 6.33. The van der Waals surface area contributed by atoms with Crippen LogP contribution in [0.15, 0.2) is 53.1 Å². The second-order valence-electron chi connectivity index (χ2n) is 7.03. The molecule has 0 saturated heterocycles. The van der Waals surface area contributed by atoms with E-state index in [4.69, 9.17) is 20.8 Å². The highest BCUT2D eigenvalue weighted by Gasteiger charge is 2.21. The summed E-state index contributed by atoms with van der Waals surface area (Å²) in [5, 5.41) is 0.615. The van der Waals surface area contributed by atoms with Crippen LogP contribution in [0.4, 0.5) is 0 Å². The standard InChI is InChI=1S/C23H23ClN2O3/c1-2-28-18-8-7-16-11-12-26(15-17(16)13-18)23(27)10-9-22-25-14-21(29-22)19-5-3-4-6-20(19)24/h3-8,13-14H,2,9-12,15H2,1H3. The van der Waals surface area contributed by atoms with Crippen molar-refractivity contribution in [2.24, 2.45) is 0 Å². The lowest BCUT2D eigenvalue weighted by Gasteiger charge is -2.29. The SMILES string of the molecule is CCOc1ccc2c(c1)CN(C(=O)CCc1ncc(-c3ccccc3Cl)o1)CC2. The van der Waals surface area contributed by atoms with Gasteiger partial charge < -0.3 is 14.1 Å². The summed E-state index contributed by atoms with van der Waals surface area (Å²) in [4.78, 5) is 18.9. The molecule has 0 N–H and O–H groups in total. The Morgan fingerprint density at radius 2 is 2.10 bits per heavy atom. The normalized spacial score (nSPS) is 13.2. The maximum absolute atomic E-state index is 12.7. The van der Waals surface area contributed by atoms with Crippen LogP contribution in [-0.2, 0) is 24.2 Å². The monoisotopic (exact) mass is 410 g/mol. The van der Waals surface area contributed by atoms with Gasteiger partial charge in [0, 0.05) is 31.5 Å². The number of aromatic nitrogens is 1. The molecule has 1 aliphatic heterocycles. The van der Waals surface area contributed by atoms with Crippen LogP contribution >= 0.6 is 11.6 Å². The van der Waals surface area contributed by atoms with Crippen LogP contribution < -0.4 is 4.74 Å². The lowest BCUT2D eigenvalue weighted by Crippen LogP contribution is -2.36. The van der Waals surface area contributed by atoms with Crippen molar-refractivity contribution < 1.29 is 13.9 Å². The highest BCUT2D eigenvalue weighted by Crippen LogP contribution is 2.28. The first-order chi connectivity index (χ1) is 14.1. The summed E-state index contributed by atoms with van der Waals surface area (Å²) < 4.78 is 11.4. The maximum atomic E-state index is 12.7. The molecule has 0 unspecified atom stereocenters. The van der Waals surface area contributed by atoms with Gasteiger partial charge in [-0.3, -0.25) is 4.79 Å². The number of oxazole rings is 1. The second-order valence-corrected chi connectivity index (χ2v) is 7.43. The third kappa shape index (κ3) is 4.46. The van der Waals surface area contributed by atoms with Crippen molar-refractivity contribution in [1.82, 2.24) is 9.88 Å². The zero-order valence-electron chi connectivity index (χ0n) is 16.4. The lowest BCUT2D eigenvalue weighted by atomic mass is 9.99. The lowest BCUT2D eigenvalue weighted by molar-refractivity contribution is -0.132. The quantitative estimate of drug-likeness (QED) is 0.579. The molecule has 0 atom stereocenters. The zero-order valence-corrected chi connectivity index (χ0v) is 17.1. The van der Waals surface area contributed by atoms with Gasteiger partial charge in [0.2, 0.25) is 5.91 Å². The van der Waals surface area contributed by atoms with Gasteiger partial charge in [-0.15, -0.1) is 0 Å². The molecule has 6 heteroatoms. The van der Waals surface area contributed by atoms with E-state index in [0.717, 1.165) is 29.8 Å². The van der Waals surface area contributed by atoms with E-state index in [0.29, 0.717) is 42.7 Å². The summed E-state index contributed by atoms with van der Waals surface area (Å²) in [5.74, 6) is 2.13. The summed E-state index contributed by atoms with van der Waals surface area (Å²) in [6.45, 7) is 3.95. The fourth-order valence-corrected chi connectivity index (χ4v) is 3.82. The Kier molecular flexibility index (Phi) is 5.86. The number of aryl methyl sites for hydroxylation is 1. The molecule has 5 nitrogen and oxygen atoms in total. The van der Waals surface area contributed by atoms with Gasteiger partial charge >= 0.3 is 0 Å². The van der Waals surface area contributed by atoms with E-state index in [-0.39, 0.29) is 5.91 Å². The first kappa shape index (κ1) is 19.5. The minimum Gasteiger partial charge on any atom is -0.494 e. The third-order valence-electron chi connectivity index (χ3n) is 5.10. The Balaban J connectivity index is 1.37. The zero-order chi connectivity index (χ0) is 20.2. The third-order valence-corrected chi connectivity index (χ3v) is 5.43. The van der Waals surface area contributed by atoms with Gasteiger partial charge in [-0.1, -0.05) is 29.8 Å². The topological polar surface area (TPSA) is 55.6 Å². The number of hydrogen-bond donors (Lipinski definition) is 0. The number of nitrogens with zero attached hydrogens (tertiary/aromatic N) is 2. The molecule has 0 radical (unpaired) electrons. The predicted octanol–water partition coefficient (Wildman–Crippen LogP) is 4.91. The predicted molar refractivity (Wildman–Crippen MR) is 112 cm³/mol. The first-order valence-electron chi connectivity index (χ1n) is 9.86. The number of benzene rings is 2. The molecule has 1 aromatic heterocycles. The van der Waals surface area contributed by atoms with E-state index in [2.05, 4.69) is 11.1 Å². The molecule has 2 heterocycles. The van der Waals surface area contributed by atoms with Crippen molar-refractivity contribution >= 4 is 17.5 Å². The molecule has 0 aliphatic carbocycles. The fraction of sp³-hybridized carbons (Fsp3) is 0.304. The molecule has 1 aliphatic rings. The van der Waals surface area contributed by atoms with E-state index < -0.39 is 0 Å². The first-order valence-corrected chi connectivity index (χ1v) is 10.2. The largest absolute Gasteiger partial charge is 0.494 e. The molecule has 2 aromatic carbocycles. The number of carbonyl (C=O) groups excluding carboxylic acids is 1. The smallest absolute Gasteiger partial charge is 0.223 e. The molecule has 0 spiro atoms. The molecule has 0 fully saturated rings. The van der Waals surface area contributed by atoms with Gasteiger partial charge in [0.05, 0.1) is 17.8 Å². The summed E-state index contributed by atoms with van der Waals surface area (Å²) in [5.41, 5.74) is 3.25. The van der Waals surface area contributed by atoms with Crippen LogP contribution in [0.25, 0.3) is 11.3 Å². The minimum absolute atomic E-state index is 0.106. The number of amides is 1. The maximum Gasteiger partial charge on any atom is 0.223 e. The fourth-order valence-electron chi connectivity index (χ4n) is 3.59. The van der Waals surface area contributed by atoms with Gasteiger partial charge in [0.15, 0.2) is 11.7 Å². The van der Waals surface area contributed by atoms with Crippen LogP contribution in [0.3, 0.4) is 0 Å². The summed E-state index contributed by atoms with van der Waals surface area (Å²) >= 11 is 6.21. The Morgan fingerprint density at radius 1 is 1.24 bits per heavy atom. The molecule has 0 saturated carbocycles. The molecule has 4 rings (SSSR count). The van der Waals surface area contributed by atoms with Gasteiger partial charge in [-0.05, 0) is 48.7 Å². The molecule has 0 bridgehead atoms. The molecular formula is C23H23ClN2O3. The molecule has 1 amide bonds. The number of carbonyl (C=O) groups is 1. The Hall–Kier alpha value is -2.79. The van der Waals surface area contributed by atoms with Crippen LogP contribution in [0.1, 0.15) is 30.4 Å². The van der Waals surface area contributed by atoms with Crippen molar-refractivity contribution in [3.05, 3.63) is 70.7 Å².